The van der Waals surface area contributed by atoms with Crippen LogP contribution in [0.4, 0.5) is 31.0 Å². The van der Waals surface area contributed by atoms with Gasteiger partial charge in [0.2, 0.25) is 0 Å². The monoisotopic (exact) mass is 254 g/mol. The van der Waals surface area contributed by atoms with Gasteiger partial charge in [0, 0.05) is 12.3 Å². The van der Waals surface area contributed by atoms with Crippen LogP contribution in [0.15, 0.2) is 0 Å². The summed E-state index contributed by atoms with van der Waals surface area (Å²) in [6, 6.07) is 0. The summed E-state index contributed by atoms with van der Waals surface area (Å²) in [6.07, 6.45) is -1.48. The number of hydrogen-bond donors (Lipinski definition) is 0. The van der Waals surface area contributed by atoms with Gasteiger partial charge in [-0.15, -0.1) is 0 Å². The summed E-state index contributed by atoms with van der Waals surface area (Å²) in [7, 11) is 0. The summed E-state index contributed by atoms with van der Waals surface area (Å²) in [5.41, 5.74) is -1.28. The minimum atomic E-state index is -5.25. The molecule has 16 heavy (non-hydrogen) atoms. The molecular weight excluding hydrogens is 241 g/mol. The lowest BCUT2D eigenvalue weighted by atomic mass is 9.78. The topological polar surface area (TPSA) is 0 Å². The van der Waals surface area contributed by atoms with Gasteiger partial charge in [0.05, 0.1) is 0 Å². The smallest absolute Gasteiger partial charge is 0.269 e. The molecule has 0 heterocycles. The van der Waals surface area contributed by atoms with E-state index in [1.807, 2.05) is 0 Å². The largest absolute Gasteiger partial charge is 0.372 e. The zero-order chi connectivity index (χ0) is 12.3. The number of rotatable bonds is 0. The van der Waals surface area contributed by atoms with Crippen molar-refractivity contribution in [2.75, 3.05) is 0 Å². The fourth-order valence-corrected chi connectivity index (χ4v) is 1.83. The summed E-state index contributed by atoms with van der Waals surface area (Å²) >= 11 is 0. The molecule has 0 amide bonds. The van der Waals surface area contributed by atoms with Gasteiger partial charge in [-0.2, -0.15) is 26.3 Å². The second-order valence-corrected chi connectivity index (χ2v) is 5.02. The van der Waals surface area contributed by atoms with Crippen LogP contribution in [-0.4, -0.2) is 17.8 Å². The first-order valence-corrected chi connectivity index (χ1v) is 4.47. The fourth-order valence-electron chi connectivity index (χ4n) is 1.83. The molecule has 7 heteroatoms. The highest BCUT2D eigenvalue weighted by molar-refractivity contribution is 5.10. The maximum atomic E-state index is 13.1. The van der Waals surface area contributed by atoms with E-state index in [9.17, 15) is 26.3 Å². The SMILES string of the molecule is CC(C)(C)C1CC(F)(F)C(F)(F)C1(F)F.F. The van der Waals surface area contributed by atoms with Crippen LogP contribution in [0.3, 0.4) is 0 Å². The molecule has 1 aliphatic rings. The Morgan fingerprint density at radius 1 is 0.938 bits per heavy atom. The van der Waals surface area contributed by atoms with Crippen LogP contribution in [0, 0.1) is 11.3 Å². The van der Waals surface area contributed by atoms with E-state index in [4.69, 9.17) is 0 Å². The van der Waals surface area contributed by atoms with Crippen LogP contribution in [0.5, 0.6) is 0 Å². The number of alkyl halides is 6. The molecule has 1 rings (SSSR count). The minimum Gasteiger partial charge on any atom is -0.269 e. The van der Waals surface area contributed by atoms with E-state index in [0.717, 1.165) is 0 Å². The Kier molecular flexibility index (Phi) is 3.39. The van der Waals surface area contributed by atoms with Crippen molar-refractivity contribution in [1.82, 2.24) is 0 Å². The van der Waals surface area contributed by atoms with E-state index in [-0.39, 0.29) is 4.70 Å². The van der Waals surface area contributed by atoms with Gasteiger partial charge in [0.15, 0.2) is 0 Å². The van der Waals surface area contributed by atoms with Crippen LogP contribution >= 0.6 is 0 Å². The van der Waals surface area contributed by atoms with Gasteiger partial charge in [-0.25, -0.2) is 0 Å². The molecule has 1 fully saturated rings. The van der Waals surface area contributed by atoms with Crippen molar-refractivity contribution in [3.8, 4) is 0 Å². The number of halogens is 7. The highest BCUT2D eigenvalue weighted by Gasteiger charge is 2.81. The van der Waals surface area contributed by atoms with E-state index in [0.29, 0.717) is 0 Å². The van der Waals surface area contributed by atoms with Crippen LogP contribution in [0.25, 0.3) is 0 Å². The summed E-state index contributed by atoms with van der Waals surface area (Å²) in [6.45, 7) is 3.76. The Labute approximate surface area is 88.4 Å². The molecule has 1 saturated carbocycles. The van der Waals surface area contributed by atoms with Crippen LogP contribution in [0.2, 0.25) is 0 Å². The molecule has 0 spiro atoms. The Balaban J connectivity index is 0.00000225. The minimum absolute atomic E-state index is 0. The molecule has 98 valence electrons. The standard InChI is InChI=1S/C9H12F6.FH/c1-6(2,3)5-4-7(10,11)9(14,15)8(5,12)13;/h5H,4H2,1-3H3;1H. The van der Waals surface area contributed by atoms with Crippen molar-refractivity contribution in [1.29, 1.82) is 0 Å². The van der Waals surface area contributed by atoms with E-state index < -0.39 is 35.5 Å². The van der Waals surface area contributed by atoms with Gasteiger partial charge in [-0.3, -0.25) is 4.70 Å². The van der Waals surface area contributed by atoms with Crippen LogP contribution in [0.1, 0.15) is 27.2 Å². The lowest BCUT2D eigenvalue weighted by molar-refractivity contribution is -0.280. The lowest BCUT2D eigenvalue weighted by Gasteiger charge is -2.32. The molecule has 1 atom stereocenters. The molecule has 0 N–H and O–H groups in total. The van der Waals surface area contributed by atoms with Crippen LogP contribution in [-0.2, 0) is 0 Å². The van der Waals surface area contributed by atoms with Crippen molar-refractivity contribution in [2.24, 2.45) is 11.3 Å². The molecular formula is C9H13F7. The zero-order valence-corrected chi connectivity index (χ0v) is 8.96. The van der Waals surface area contributed by atoms with E-state index in [2.05, 4.69) is 0 Å². The van der Waals surface area contributed by atoms with Gasteiger partial charge in [-0.05, 0) is 5.41 Å². The van der Waals surface area contributed by atoms with E-state index in [1.165, 1.54) is 20.8 Å². The molecule has 1 unspecified atom stereocenters. The lowest BCUT2D eigenvalue weighted by Crippen LogP contribution is -2.49. The normalized spacial score (nSPS) is 30.9. The summed E-state index contributed by atoms with van der Waals surface area (Å²) in [5, 5.41) is 0. The van der Waals surface area contributed by atoms with Crippen molar-refractivity contribution in [3.63, 3.8) is 0 Å². The first kappa shape index (κ1) is 15.5. The Morgan fingerprint density at radius 3 is 1.44 bits per heavy atom. The molecule has 1 aliphatic carbocycles. The maximum absolute atomic E-state index is 13.1. The van der Waals surface area contributed by atoms with Crippen molar-refractivity contribution < 1.29 is 31.0 Å². The van der Waals surface area contributed by atoms with Gasteiger partial charge in [0.25, 0.3) is 0 Å². The Bertz CT molecular complexity index is 264. The van der Waals surface area contributed by atoms with E-state index >= 15 is 0 Å². The zero-order valence-electron chi connectivity index (χ0n) is 8.96. The maximum Gasteiger partial charge on any atom is 0.372 e. The third-order valence-corrected chi connectivity index (χ3v) is 2.82. The first-order chi connectivity index (χ1) is 6.34. The third kappa shape index (κ3) is 1.78. The summed E-state index contributed by atoms with van der Waals surface area (Å²) in [4.78, 5) is 0. The van der Waals surface area contributed by atoms with Gasteiger partial charge >= 0.3 is 17.8 Å². The third-order valence-electron chi connectivity index (χ3n) is 2.82. The molecule has 0 aromatic heterocycles. The van der Waals surface area contributed by atoms with Gasteiger partial charge in [0.1, 0.15) is 0 Å². The van der Waals surface area contributed by atoms with E-state index in [1.54, 1.807) is 0 Å². The summed E-state index contributed by atoms with van der Waals surface area (Å²) in [5.74, 6) is -16.6. The van der Waals surface area contributed by atoms with Gasteiger partial charge < -0.3 is 0 Å². The van der Waals surface area contributed by atoms with Gasteiger partial charge in [-0.1, -0.05) is 20.8 Å². The Hall–Kier alpha value is -0.490. The predicted molar refractivity (Wildman–Crippen MR) is 44.9 cm³/mol. The Morgan fingerprint density at radius 2 is 1.31 bits per heavy atom. The molecule has 0 aromatic rings. The molecule has 0 radical (unpaired) electrons. The average Bonchev–Trinajstić information content (AvgIpc) is 2.07. The molecule has 0 nitrogen and oxygen atoms in total. The van der Waals surface area contributed by atoms with Crippen molar-refractivity contribution in [2.45, 2.75) is 45.0 Å². The average molecular weight is 254 g/mol. The fraction of sp³-hybridized carbons (Fsp3) is 1.00. The summed E-state index contributed by atoms with van der Waals surface area (Å²) < 4.78 is 77.4. The predicted octanol–water partition coefficient (Wildman–Crippen LogP) is 4.11. The molecule has 0 aromatic carbocycles. The van der Waals surface area contributed by atoms with Crippen LogP contribution < -0.4 is 0 Å². The first-order valence-electron chi connectivity index (χ1n) is 4.47. The second kappa shape index (κ2) is 3.50. The molecule has 0 aliphatic heterocycles. The number of hydrogen-bond acceptors (Lipinski definition) is 0. The highest BCUT2D eigenvalue weighted by Crippen LogP contribution is 2.63. The second-order valence-electron chi connectivity index (χ2n) is 5.02. The quantitative estimate of drug-likeness (QED) is 0.571. The highest BCUT2D eigenvalue weighted by atomic mass is 19.3. The van der Waals surface area contributed by atoms with Crippen molar-refractivity contribution in [3.05, 3.63) is 0 Å². The molecule has 0 bridgehead atoms. The van der Waals surface area contributed by atoms with Crippen molar-refractivity contribution >= 4 is 0 Å². The molecule has 0 saturated heterocycles.